The lowest BCUT2D eigenvalue weighted by Crippen LogP contribution is -2.56. The van der Waals surface area contributed by atoms with E-state index in [4.69, 9.17) is 14.1 Å². The van der Waals surface area contributed by atoms with E-state index in [-0.39, 0.29) is 11.6 Å². The smallest absolute Gasteiger partial charge is 0.133 e. The summed E-state index contributed by atoms with van der Waals surface area (Å²) in [5.74, 6) is 2.08. The van der Waals surface area contributed by atoms with Gasteiger partial charge < -0.3 is 14.1 Å². The lowest BCUT2D eigenvalue weighted by atomic mass is 9.78. The third-order valence-corrected chi connectivity index (χ3v) is 7.13. The van der Waals surface area contributed by atoms with E-state index >= 15 is 0 Å². The van der Waals surface area contributed by atoms with Crippen molar-refractivity contribution in [3.63, 3.8) is 0 Å². The molecule has 1 N–H and O–H groups in total. The minimum atomic E-state index is 0.115. The number of nitrogens with zero attached hydrogens (tertiary/aromatic N) is 3. The molecule has 1 atom stereocenters. The van der Waals surface area contributed by atoms with Gasteiger partial charge in [0.2, 0.25) is 0 Å². The Morgan fingerprint density at radius 3 is 2.90 bits per heavy atom. The number of fused-ring (bicyclic) bond motifs is 2. The fourth-order valence-corrected chi connectivity index (χ4v) is 5.59. The van der Waals surface area contributed by atoms with E-state index in [9.17, 15) is 0 Å². The summed E-state index contributed by atoms with van der Waals surface area (Å²) in [5, 5.41) is 0. The maximum Gasteiger partial charge on any atom is 0.133 e. The van der Waals surface area contributed by atoms with E-state index in [2.05, 4.69) is 33.8 Å². The second-order valence-corrected chi connectivity index (χ2v) is 8.93. The molecule has 6 nitrogen and oxygen atoms in total. The zero-order valence-corrected chi connectivity index (χ0v) is 17.7. The van der Waals surface area contributed by atoms with Crippen molar-refractivity contribution in [3.8, 4) is 0 Å². The molecule has 2 aromatic rings. The maximum atomic E-state index is 6.17. The Balaban J connectivity index is 1.25. The largest absolute Gasteiger partial charge is 0.462 e. The Morgan fingerprint density at radius 1 is 1.21 bits per heavy atom. The van der Waals surface area contributed by atoms with Crippen LogP contribution in [0.2, 0.25) is 0 Å². The standard InChI is InChI=1S/C23H34N4O2/c1-2-11-27-12-8-19-22(25-17-24-19)23(27)9-13-26(14-10-23)16-18-6-7-21(29-18)20-5-3-4-15-28-20/h6-7,17,20H,2-5,8-16H2,1H3,(H,24,25)/t20-/m1/s1. The zero-order valence-electron chi connectivity index (χ0n) is 17.7. The molecule has 0 aromatic carbocycles. The van der Waals surface area contributed by atoms with E-state index < -0.39 is 0 Å². The van der Waals surface area contributed by atoms with Crippen LogP contribution in [-0.2, 0) is 23.2 Å². The number of nitrogens with one attached hydrogen (secondary N) is 1. The molecule has 0 aliphatic carbocycles. The third-order valence-electron chi connectivity index (χ3n) is 7.13. The summed E-state index contributed by atoms with van der Waals surface area (Å²) < 4.78 is 12.1. The number of hydrogen-bond donors (Lipinski definition) is 1. The topological polar surface area (TPSA) is 57.5 Å². The first-order chi connectivity index (χ1) is 14.3. The summed E-state index contributed by atoms with van der Waals surface area (Å²) in [4.78, 5) is 13.4. The molecule has 0 radical (unpaired) electrons. The Hall–Kier alpha value is -1.63. The highest BCUT2D eigenvalue weighted by molar-refractivity contribution is 5.27. The highest BCUT2D eigenvalue weighted by atomic mass is 16.5. The van der Waals surface area contributed by atoms with Gasteiger partial charge in [-0.05, 0) is 57.2 Å². The summed E-state index contributed by atoms with van der Waals surface area (Å²) in [6, 6.07) is 4.27. The van der Waals surface area contributed by atoms with Gasteiger partial charge in [-0.2, -0.15) is 0 Å². The van der Waals surface area contributed by atoms with E-state index in [1.807, 2.05) is 6.33 Å². The van der Waals surface area contributed by atoms with Crippen molar-refractivity contribution in [2.75, 3.05) is 32.8 Å². The molecule has 5 heterocycles. The fourth-order valence-electron chi connectivity index (χ4n) is 5.59. The average molecular weight is 399 g/mol. The van der Waals surface area contributed by atoms with Crippen LogP contribution in [0, 0.1) is 0 Å². The minimum absolute atomic E-state index is 0.115. The molecule has 0 unspecified atom stereocenters. The van der Waals surface area contributed by atoms with Gasteiger partial charge in [0.25, 0.3) is 0 Å². The fraction of sp³-hybridized carbons (Fsp3) is 0.696. The van der Waals surface area contributed by atoms with Crippen LogP contribution in [0.4, 0.5) is 0 Å². The van der Waals surface area contributed by atoms with Crippen LogP contribution in [0.25, 0.3) is 0 Å². The molecule has 2 saturated heterocycles. The van der Waals surface area contributed by atoms with Gasteiger partial charge in [0, 0.05) is 38.4 Å². The SMILES string of the molecule is CCCN1CCc2[nH]cnc2C12CCN(Cc1ccc([C@H]3CCCCO3)o1)CC2. The van der Waals surface area contributed by atoms with Crippen molar-refractivity contribution in [2.45, 2.75) is 70.1 Å². The van der Waals surface area contributed by atoms with E-state index in [1.165, 1.54) is 30.7 Å². The normalized spacial score (nSPS) is 25.3. The number of furan rings is 1. The molecule has 158 valence electrons. The molecule has 1 spiro atoms. The summed E-state index contributed by atoms with van der Waals surface area (Å²) in [6.45, 7) is 8.52. The molecule has 5 rings (SSSR count). The molecule has 0 saturated carbocycles. The van der Waals surface area contributed by atoms with Crippen molar-refractivity contribution in [2.24, 2.45) is 0 Å². The van der Waals surface area contributed by atoms with Crippen LogP contribution < -0.4 is 0 Å². The highest BCUT2D eigenvalue weighted by Crippen LogP contribution is 2.42. The molecule has 0 bridgehead atoms. The zero-order chi connectivity index (χ0) is 19.7. The van der Waals surface area contributed by atoms with Gasteiger partial charge >= 0.3 is 0 Å². The number of aromatic amines is 1. The number of hydrogen-bond acceptors (Lipinski definition) is 5. The van der Waals surface area contributed by atoms with Crippen LogP contribution in [0.1, 0.15) is 74.5 Å². The molecule has 3 aliphatic rings. The molecular formula is C23H34N4O2. The Kier molecular flexibility index (Phi) is 5.50. The van der Waals surface area contributed by atoms with Crippen LogP contribution in [0.3, 0.4) is 0 Å². The van der Waals surface area contributed by atoms with E-state index in [0.717, 1.165) is 76.5 Å². The summed E-state index contributed by atoms with van der Waals surface area (Å²) in [7, 11) is 0. The molecule has 3 aliphatic heterocycles. The summed E-state index contributed by atoms with van der Waals surface area (Å²) in [6.07, 6.45) is 10.1. The summed E-state index contributed by atoms with van der Waals surface area (Å²) in [5.41, 5.74) is 2.78. The average Bonchev–Trinajstić information content (AvgIpc) is 3.43. The first kappa shape index (κ1) is 19.3. The monoisotopic (exact) mass is 398 g/mol. The van der Waals surface area contributed by atoms with Gasteiger partial charge in [-0.15, -0.1) is 0 Å². The number of H-pyrrole nitrogens is 1. The first-order valence-corrected chi connectivity index (χ1v) is 11.5. The Morgan fingerprint density at radius 2 is 2.10 bits per heavy atom. The number of rotatable bonds is 5. The summed E-state index contributed by atoms with van der Waals surface area (Å²) >= 11 is 0. The van der Waals surface area contributed by atoms with Crippen LogP contribution >= 0.6 is 0 Å². The second-order valence-electron chi connectivity index (χ2n) is 8.93. The molecule has 29 heavy (non-hydrogen) atoms. The highest BCUT2D eigenvalue weighted by Gasteiger charge is 2.46. The van der Waals surface area contributed by atoms with E-state index in [0.29, 0.717) is 0 Å². The van der Waals surface area contributed by atoms with Gasteiger partial charge in [0.1, 0.15) is 17.6 Å². The quantitative estimate of drug-likeness (QED) is 0.825. The number of piperidine rings is 1. The third kappa shape index (κ3) is 3.66. The number of imidazole rings is 1. The maximum absolute atomic E-state index is 6.17. The van der Waals surface area contributed by atoms with Crippen LogP contribution in [0.15, 0.2) is 22.9 Å². The van der Waals surface area contributed by atoms with Gasteiger partial charge in [-0.25, -0.2) is 4.98 Å². The van der Waals surface area contributed by atoms with Crippen LogP contribution in [0.5, 0.6) is 0 Å². The number of likely N-dealkylation sites (tertiary alicyclic amines) is 1. The molecular weight excluding hydrogens is 364 g/mol. The van der Waals surface area contributed by atoms with Gasteiger partial charge in [0.15, 0.2) is 0 Å². The van der Waals surface area contributed by atoms with Crippen molar-refractivity contribution >= 4 is 0 Å². The van der Waals surface area contributed by atoms with Crippen molar-refractivity contribution < 1.29 is 9.15 Å². The van der Waals surface area contributed by atoms with Gasteiger partial charge in [-0.1, -0.05) is 6.92 Å². The molecule has 6 heteroatoms. The second kappa shape index (κ2) is 8.25. The lowest BCUT2D eigenvalue weighted by molar-refractivity contribution is -0.00371. The van der Waals surface area contributed by atoms with Gasteiger partial charge in [0.05, 0.1) is 24.1 Å². The number of aromatic nitrogens is 2. The number of ether oxygens (including phenoxy) is 1. The minimum Gasteiger partial charge on any atom is -0.462 e. The molecule has 2 fully saturated rings. The lowest BCUT2D eigenvalue weighted by Gasteiger charge is -2.50. The van der Waals surface area contributed by atoms with Crippen molar-refractivity contribution in [1.82, 2.24) is 19.8 Å². The Labute approximate surface area is 173 Å². The predicted molar refractivity (Wildman–Crippen MR) is 112 cm³/mol. The van der Waals surface area contributed by atoms with Gasteiger partial charge in [-0.3, -0.25) is 9.80 Å². The van der Waals surface area contributed by atoms with Crippen molar-refractivity contribution in [3.05, 3.63) is 41.4 Å². The molecule has 2 aromatic heterocycles. The van der Waals surface area contributed by atoms with E-state index in [1.54, 1.807) is 0 Å². The first-order valence-electron chi connectivity index (χ1n) is 11.5. The van der Waals surface area contributed by atoms with Crippen molar-refractivity contribution in [1.29, 1.82) is 0 Å². The molecule has 0 amide bonds. The predicted octanol–water partition coefficient (Wildman–Crippen LogP) is 4.00. The van der Waals surface area contributed by atoms with Crippen LogP contribution in [-0.4, -0.2) is 52.6 Å². The Bertz CT molecular complexity index is 799.